The SMILES string of the molecule is CCc1cccc(C2CC2C2CCCC2)c1. The Morgan fingerprint density at radius 3 is 2.75 bits per heavy atom. The van der Waals surface area contributed by atoms with E-state index >= 15 is 0 Å². The largest absolute Gasteiger partial charge is 0.0617 e. The molecule has 0 nitrogen and oxygen atoms in total. The highest BCUT2D eigenvalue weighted by Crippen LogP contribution is 2.55. The molecule has 0 aliphatic heterocycles. The lowest BCUT2D eigenvalue weighted by molar-refractivity contribution is 0.469. The Balaban J connectivity index is 1.70. The van der Waals surface area contributed by atoms with Gasteiger partial charge in [-0.3, -0.25) is 0 Å². The van der Waals surface area contributed by atoms with Gasteiger partial charge < -0.3 is 0 Å². The van der Waals surface area contributed by atoms with Crippen molar-refractivity contribution in [1.29, 1.82) is 0 Å². The van der Waals surface area contributed by atoms with Crippen LogP contribution in [0.15, 0.2) is 24.3 Å². The Morgan fingerprint density at radius 2 is 2.00 bits per heavy atom. The summed E-state index contributed by atoms with van der Waals surface area (Å²) >= 11 is 0. The van der Waals surface area contributed by atoms with Crippen molar-refractivity contribution in [3.8, 4) is 0 Å². The Kier molecular flexibility index (Phi) is 2.75. The van der Waals surface area contributed by atoms with Crippen molar-refractivity contribution in [2.24, 2.45) is 11.8 Å². The lowest BCUT2D eigenvalue weighted by Crippen LogP contribution is -1.97. The van der Waals surface area contributed by atoms with Gasteiger partial charge in [-0.2, -0.15) is 0 Å². The molecule has 86 valence electrons. The highest BCUT2D eigenvalue weighted by atomic mass is 14.5. The van der Waals surface area contributed by atoms with Gasteiger partial charge in [-0.05, 0) is 41.7 Å². The molecule has 0 saturated heterocycles. The van der Waals surface area contributed by atoms with E-state index in [0.717, 1.165) is 17.8 Å². The lowest BCUT2D eigenvalue weighted by atomic mass is 9.97. The van der Waals surface area contributed by atoms with Crippen LogP contribution in [0.4, 0.5) is 0 Å². The van der Waals surface area contributed by atoms with Gasteiger partial charge in [0.15, 0.2) is 0 Å². The Bertz CT molecular complexity index is 360. The molecule has 0 heteroatoms. The summed E-state index contributed by atoms with van der Waals surface area (Å²) in [5.41, 5.74) is 3.13. The fraction of sp³-hybridized carbons (Fsp3) is 0.625. The molecule has 2 atom stereocenters. The second kappa shape index (κ2) is 4.24. The van der Waals surface area contributed by atoms with Gasteiger partial charge in [-0.15, -0.1) is 0 Å². The Labute approximate surface area is 99.1 Å². The summed E-state index contributed by atoms with van der Waals surface area (Å²) in [4.78, 5) is 0. The standard InChI is InChI=1S/C16H22/c1-2-12-6-5-9-14(10-12)16-11-15(16)13-7-3-4-8-13/h5-6,9-10,13,15-16H,2-4,7-8,11H2,1H3. The Morgan fingerprint density at radius 1 is 1.19 bits per heavy atom. The minimum atomic E-state index is 0.912. The molecule has 2 aliphatic carbocycles. The zero-order valence-electron chi connectivity index (χ0n) is 10.3. The summed E-state index contributed by atoms with van der Waals surface area (Å²) in [6, 6.07) is 9.30. The Hall–Kier alpha value is -0.780. The van der Waals surface area contributed by atoms with Gasteiger partial charge in [0, 0.05) is 0 Å². The lowest BCUT2D eigenvalue weighted by Gasteiger charge is -2.08. The minimum absolute atomic E-state index is 0.912. The maximum atomic E-state index is 2.44. The van der Waals surface area contributed by atoms with E-state index in [4.69, 9.17) is 0 Å². The second-order valence-electron chi connectivity index (χ2n) is 5.65. The highest BCUT2D eigenvalue weighted by Gasteiger charge is 2.44. The van der Waals surface area contributed by atoms with Gasteiger partial charge in [-0.25, -0.2) is 0 Å². The van der Waals surface area contributed by atoms with Crippen LogP contribution in [0.3, 0.4) is 0 Å². The molecule has 1 aromatic carbocycles. The van der Waals surface area contributed by atoms with E-state index in [9.17, 15) is 0 Å². The normalized spacial score (nSPS) is 29.6. The molecular formula is C16H22. The van der Waals surface area contributed by atoms with Gasteiger partial charge in [0.25, 0.3) is 0 Å². The summed E-state index contributed by atoms with van der Waals surface area (Å²) in [6.45, 7) is 2.25. The molecule has 1 aromatic rings. The molecule has 2 aliphatic rings. The van der Waals surface area contributed by atoms with E-state index in [-0.39, 0.29) is 0 Å². The van der Waals surface area contributed by atoms with E-state index < -0.39 is 0 Å². The number of hydrogen-bond acceptors (Lipinski definition) is 0. The van der Waals surface area contributed by atoms with Crippen LogP contribution in [0.25, 0.3) is 0 Å². The van der Waals surface area contributed by atoms with E-state index in [1.54, 1.807) is 5.56 Å². The summed E-state index contributed by atoms with van der Waals surface area (Å²) in [6.07, 6.45) is 8.64. The van der Waals surface area contributed by atoms with Crippen LogP contribution >= 0.6 is 0 Å². The second-order valence-corrected chi connectivity index (χ2v) is 5.65. The smallest absolute Gasteiger partial charge is 0.0128 e. The van der Waals surface area contributed by atoms with Crippen molar-refractivity contribution in [3.63, 3.8) is 0 Å². The van der Waals surface area contributed by atoms with Crippen molar-refractivity contribution in [2.75, 3.05) is 0 Å². The molecule has 0 aromatic heterocycles. The van der Waals surface area contributed by atoms with E-state index in [1.165, 1.54) is 44.1 Å². The summed E-state index contributed by atoms with van der Waals surface area (Å²) < 4.78 is 0. The first-order valence-electron chi connectivity index (χ1n) is 6.97. The molecule has 0 bridgehead atoms. The molecule has 2 fully saturated rings. The molecule has 2 saturated carbocycles. The summed E-state index contributed by atoms with van der Waals surface area (Å²) in [5.74, 6) is 3.01. The molecule has 3 rings (SSSR count). The zero-order valence-corrected chi connectivity index (χ0v) is 10.3. The molecule has 0 N–H and O–H groups in total. The first kappa shape index (κ1) is 10.4. The van der Waals surface area contributed by atoms with E-state index in [1.807, 2.05) is 0 Å². The van der Waals surface area contributed by atoms with Crippen molar-refractivity contribution < 1.29 is 0 Å². The van der Waals surface area contributed by atoms with E-state index in [2.05, 4.69) is 31.2 Å². The molecular weight excluding hydrogens is 192 g/mol. The number of benzene rings is 1. The molecule has 16 heavy (non-hydrogen) atoms. The van der Waals surface area contributed by atoms with Crippen LogP contribution in [0, 0.1) is 11.8 Å². The highest BCUT2D eigenvalue weighted by molar-refractivity contribution is 5.31. The van der Waals surface area contributed by atoms with Crippen LogP contribution in [0.1, 0.15) is 56.1 Å². The van der Waals surface area contributed by atoms with Crippen LogP contribution < -0.4 is 0 Å². The quantitative estimate of drug-likeness (QED) is 0.693. The van der Waals surface area contributed by atoms with Crippen molar-refractivity contribution >= 4 is 0 Å². The van der Waals surface area contributed by atoms with Crippen LogP contribution in [-0.4, -0.2) is 0 Å². The predicted octanol–water partition coefficient (Wildman–Crippen LogP) is 4.54. The van der Waals surface area contributed by atoms with Gasteiger partial charge in [-0.1, -0.05) is 56.9 Å². The third-order valence-electron chi connectivity index (χ3n) is 4.63. The molecule has 0 radical (unpaired) electrons. The fourth-order valence-corrected chi connectivity index (χ4v) is 3.55. The first-order valence-corrected chi connectivity index (χ1v) is 6.97. The summed E-state index contributed by atoms with van der Waals surface area (Å²) in [7, 11) is 0. The average molecular weight is 214 g/mol. The van der Waals surface area contributed by atoms with Crippen LogP contribution in [0.2, 0.25) is 0 Å². The number of hydrogen-bond donors (Lipinski definition) is 0. The summed E-state index contributed by atoms with van der Waals surface area (Å²) in [5, 5.41) is 0. The van der Waals surface area contributed by atoms with Crippen molar-refractivity contribution in [1.82, 2.24) is 0 Å². The van der Waals surface area contributed by atoms with Gasteiger partial charge >= 0.3 is 0 Å². The molecule has 0 amide bonds. The fourth-order valence-electron chi connectivity index (χ4n) is 3.55. The molecule has 0 heterocycles. The predicted molar refractivity (Wildman–Crippen MR) is 68.6 cm³/mol. The number of rotatable bonds is 3. The maximum Gasteiger partial charge on any atom is -0.0128 e. The maximum absolute atomic E-state index is 2.44. The van der Waals surface area contributed by atoms with Crippen LogP contribution in [-0.2, 0) is 6.42 Å². The monoisotopic (exact) mass is 214 g/mol. The van der Waals surface area contributed by atoms with Crippen LogP contribution in [0.5, 0.6) is 0 Å². The first-order chi connectivity index (χ1) is 7.88. The molecule has 0 spiro atoms. The van der Waals surface area contributed by atoms with Gasteiger partial charge in [0.1, 0.15) is 0 Å². The topological polar surface area (TPSA) is 0 Å². The minimum Gasteiger partial charge on any atom is -0.0617 e. The molecule has 2 unspecified atom stereocenters. The van der Waals surface area contributed by atoms with Crippen molar-refractivity contribution in [2.45, 2.75) is 51.4 Å². The third kappa shape index (κ3) is 1.90. The number of aryl methyl sites for hydroxylation is 1. The average Bonchev–Trinajstić information content (AvgIpc) is 2.96. The van der Waals surface area contributed by atoms with Gasteiger partial charge in [0.2, 0.25) is 0 Å². The van der Waals surface area contributed by atoms with Crippen molar-refractivity contribution in [3.05, 3.63) is 35.4 Å². The zero-order chi connectivity index (χ0) is 11.0. The van der Waals surface area contributed by atoms with Gasteiger partial charge in [0.05, 0.1) is 0 Å². The third-order valence-corrected chi connectivity index (χ3v) is 4.63. The van der Waals surface area contributed by atoms with E-state index in [0.29, 0.717) is 0 Å².